The monoisotopic (exact) mass is 254 g/mol. The van der Waals surface area contributed by atoms with Gasteiger partial charge in [0.1, 0.15) is 0 Å². The highest BCUT2D eigenvalue weighted by Gasteiger charge is 2.07. The van der Waals surface area contributed by atoms with E-state index in [0.717, 1.165) is 6.42 Å². The highest BCUT2D eigenvalue weighted by atomic mass is 14.1. The summed E-state index contributed by atoms with van der Waals surface area (Å²) in [6.07, 6.45) is 3.29. The van der Waals surface area contributed by atoms with Crippen LogP contribution in [0.5, 0.6) is 0 Å². The molecule has 0 amide bonds. The molecule has 0 spiro atoms. The fourth-order valence-corrected chi connectivity index (χ4v) is 2.40. The molecule has 0 fully saturated rings. The van der Waals surface area contributed by atoms with E-state index in [1.165, 1.54) is 33.0 Å². The van der Waals surface area contributed by atoms with Crippen LogP contribution < -0.4 is 0 Å². The number of allylic oxidation sites excluding steroid dienone is 2. The first-order chi connectivity index (χ1) is 9.17. The Morgan fingerprint density at radius 2 is 1.79 bits per heavy atom. The molecule has 0 nitrogen and oxygen atoms in total. The predicted molar refractivity (Wildman–Crippen MR) is 88.7 cm³/mol. The molecule has 0 atom stereocenters. The summed E-state index contributed by atoms with van der Waals surface area (Å²) in [6.45, 7) is 12.7. The third-order valence-corrected chi connectivity index (χ3v) is 3.47. The third kappa shape index (κ3) is 3.26. The van der Waals surface area contributed by atoms with Crippen LogP contribution in [0.15, 0.2) is 36.4 Å². The molecule has 0 aliphatic heterocycles. The van der Waals surface area contributed by atoms with Gasteiger partial charge in [0.15, 0.2) is 0 Å². The lowest BCUT2D eigenvalue weighted by atomic mass is 9.92. The summed E-state index contributed by atoms with van der Waals surface area (Å²) in [5.74, 6) is 0. The summed E-state index contributed by atoms with van der Waals surface area (Å²) in [5, 5.41) is 2.73. The van der Waals surface area contributed by atoms with E-state index in [2.05, 4.69) is 64.1 Å². The molecular formula is C19H26. The van der Waals surface area contributed by atoms with Crippen molar-refractivity contribution in [3.8, 4) is 0 Å². The summed E-state index contributed by atoms with van der Waals surface area (Å²) in [5.41, 5.74) is 5.56. The molecule has 0 N–H and O–H groups in total. The van der Waals surface area contributed by atoms with Gasteiger partial charge in [-0.2, -0.15) is 0 Å². The average Bonchev–Trinajstić information content (AvgIpc) is 2.47. The molecule has 0 aromatic heterocycles. The maximum Gasteiger partial charge on any atom is -0.0106 e. The molecule has 2 rings (SSSR count). The molecule has 0 radical (unpaired) electrons. The molecule has 102 valence electrons. The molecule has 0 saturated heterocycles. The van der Waals surface area contributed by atoms with Crippen LogP contribution in [0.25, 0.3) is 16.3 Å². The van der Waals surface area contributed by atoms with E-state index in [0.29, 0.717) is 0 Å². The van der Waals surface area contributed by atoms with Gasteiger partial charge in [0.25, 0.3) is 0 Å². The Hall–Kier alpha value is -1.56. The summed E-state index contributed by atoms with van der Waals surface area (Å²) >= 11 is 0. The van der Waals surface area contributed by atoms with Gasteiger partial charge < -0.3 is 0 Å². The molecule has 2 aromatic rings. The van der Waals surface area contributed by atoms with Crippen molar-refractivity contribution in [1.29, 1.82) is 0 Å². The average molecular weight is 254 g/mol. The minimum atomic E-state index is 1.09. The van der Waals surface area contributed by atoms with E-state index < -0.39 is 0 Å². The molecule has 0 unspecified atom stereocenters. The first-order valence-electron chi connectivity index (χ1n) is 7.33. The zero-order chi connectivity index (χ0) is 14.4. The number of hydrogen-bond donors (Lipinski definition) is 0. The van der Waals surface area contributed by atoms with Crippen LogP contribution in [-0.4, -0.2) is 0 Å². The number of hydrogen-bond acceptors (Lipinski definition) is 0. The molecule has 0 bridgehead atoms. The topological polar surface area (TPSA) is 0 Å². The Bertz CT molecular complexity index is 574. The molecule has 2 aromatic carbocycles. The number of benzene rings is 2. The Kier molecular flexibility index (Phi) is 5.82. The number of fused-ring (bicyclic) bond motifs is 1. The van der Waals surface area contributed by atoms with Crippen LogP contribution in [-0.2, 0) is 6.42 Å². The summed E-state index contributed by atoms with van der Waals surface area (Å²) in [7, 11) is 0. The van der Waals surface area contributed by atoms with Crippen LogP contribution in [0, 0.1) is 6.92 Å². The predicted octanol–water partition coefficient (Wildman–Crippen LogP) is 6.16. The molecule has 0 heterocycles. The lowest BCUT2D eigenvalue weighted by Crippen LogP contribution is -1.92. The van der Waals surface area contributed by atoms with Crippen LogP contribution >= 0.6 is 0 Å². The highest BCUT2D eigenvalue weighted by Crippen LogP contribution is 2.29. The SMILES string of the molecule is C/C=C(/C)c1c(CC)ccc2cc(C)ccc12.CC. The van der Waals surface area contributed by atoms with Crippen molar-refractivity contribution in [3.63, 3.8) is 0 Å². The summed E-state index contributed by atoms with van der Waals surface area (Å²) in [6, 6.07) is 11.2. The van der Waals surface area contributed by atoms with Gasteiger partial charge in [-0.05, 0) is 54.7 Å². The lowest BCUT2D eigenvalue weighted by molar-refractivity contribution is 1.13. The van der Waals surface area contributed by atoms with Gasteiger partial charge in [-0.25, -0.2) is 0 Å². The van der Waals surface area contributed by atoms with Crippen LogP contribution in [0.2, 0.25) is 0 Å². The highest BCUT2D eigenvalue weighted by molar-refractivity contribution is 5.95. The van der Waals surface area contributed by atoms with Gasteiger partial charge in [-0.1, -0.05) is 62.7 Å². The van der Waals surface area contributed by atoms with E-state index in [4.69, 9.17) is 0 Å². The fraction of sp³-hybridized carbons (Fsp3) is 0.368. The molecule has 0 aliphatic carbocycles. The van der Waals surface area contributed by atoms with Gasteiger partial charge in [0.2, 0.25) is 0 Å². The van der Waals surface area contributed by atoms with Gasteiger partial charge in [-0.15, -0.1) is 0 Å². The van der Waals surface area contributed by atoms with Crippen molar-refractivity contribution >= 4 is 16.3 Å². The molecule has 0 saturated carbocycles. The Balaban J connectivity index is 0.000000861. The van der Waals surface area contributed by atoms with Gasteiger partial charge >= 0.3 is 0 Å². The van der Waals surface area contributed by atoms with Gasteiger partial charge in [-0.3, -0.25) is 0 Å². The van der Waals surface area contributed by atoms with Gasteiger partial charge in [0, 0.05) is 0 Å². The molecule has 0 heteroatoms. The smallest absolute Gasteiger partial charge is 0.0106 e. The number of aryl methyl sites for hydroxylation is 2. The second kappa shape index (κ2) is 7.13. The van der Waals surface area contributed by atoms with Crippen molar-refractivity contribution in [3.05, 3.63) is 53.1 Å². The van der Waals surface area contributed by atoms with E-state index in [9.17, 15) is 0 Å². The third-order valence-electron chi connectivity index (χ3n) is 3.47. The first-order valence-corrected chi connectivity index (χ1v) is 7.33. The molecule has 19 heavy (non-hydrogen) atoms. The van der Waals surface area contributed by atoms with E-state index in [1.807, 2.05) is 13.8 Å². The van der Waals surface area contributed by atoms with Crippen LogP contribution in [0.1, 0.15) is 51.3 Å². The first kappa shape index (κ1) is 15.5. The van der Waals surface area contributed by atoms with Crippen LogP contribution in [0.3, 0.4) is 0 Å². The summed E-state index contributed by atoms with van der Waals surface area (Å²) in [4.78, 5) is 0. The fourth-order valence-electron chi connectivity index (χ4n) is 2.40. The second-order valence-electron chi connectivity index (χ2n) is 4.65. The largest absolute Gasteiger partial charge is 0.0841 e. The number of rotatable bonds is 2. The normalized spacial score (nSPS) is 11.2. The van der Waals surface area contributed by atoms with Crippen molar-refractivity contribution in [2.45, 2.75) is 48.0 Å². The van der Waals surface area contributed by atoms with Crippen molar-refractivity contribution in [1.82, 2.24) is 0 Å². The lowest BCUT2D eigenvalue weighted by Gasteiger charge is -2.13. The Morgan fingerprint density at radius 3 is 2.37 bits per heavy atom. The van der Waals surface area contributed by atoms with E-state index in [1.54, 1.807) is 0 Å². The van der Waals surface area contributed by atoms with Crippen molar-refractivity contribution < 1.29 is 0 Å². The molecule has 0 aliphatic rings. The zero-order valence-corrected chi connectivity index (χ0v) is 13.2. The zero-order valence-electron chi connectivity index (χ0n) is 13.2. The van der Waals surface area contributed by atoms with E-state index >= 15 is 0 Å². The van der Waals surface area contributed by atoms with Crippen LogP contribution in [0.4, 0.5) is 0 Å². The van der Waals surface area contributed by atoms with Crippen molar-refractivity contribution in [2.24, 2.45) is 0 Å². The summed E-state index contributed by atoms with van der Waals surface area (Å²) < 4.78 is 0. The minimum absolute atomic E-state index is 1.09. The molecular weight excluding hydrogens is 228 g/mol. The Morgan fingerprint density at radius 1 is 1.11 bits per heavy atom. The minimum Gasteiger partial charge on any atom is -0.0841 e. The quantitative estimate of drug-likeness (QED) is 0.602. The second-order valence-corrected chi connectivity index (χ2v) is 4.65. The maximum atomic E-state index is 2.27. The van der Waals surface area contributed by atoms with Gasteiger partial charge in [0.05, 0.1) is 0 Å². The van der Waals surface area contributed by atoms with E-state index in [-0.39, 0.29) is 0 Å². The maximum absolute atomic E-state index is 2.27. The van der Waals surface area contributed by atoms with Crippen molar-refractivity contribution in [2.75, 3.05) is 0 Å². The Labute approximate surface area is 118 Å². The standard InChI is InChI=1S/C17H20.C2H6/c1-5-13(4)17-14(6-2)8-9-15-11-12(3)7-10-16(15)17;1-2/h5,7-11H,6H2,1-4H3;1-2H3/b13-5-;.